The van der Waals surface area contributed by atoms with Crippen molar-refractivity contribution < 1.29 is 0 Å². The van der Waals surface area contributed by atoms with Crippen molar-refractivity contribution in [2.75, 3.05) is 16.8 Å². The highest BCUT2D eigenvalue weighted by Crippen LogP contribution is 2.18. The fraction of sp³-hybridized carbons (Fsp3) is 0.700. The minimum atomic E-state index is -0.404. The molecule has 1 aliphatic heterocycles. The molecule has 0 aromatic carbocycles. The average molecular weight is 256 g/mol. The van der Waals surface area contributed by atoms with Crippen LogP contribution in [0.25, 0.3) is 0 Å². The molecule has 94 valence electrons. The molecule has 0 saturated carbocycles. The van der Waals surface area contributed by atoms with Crippen LogP contribution in [-0.2, 0) is 14.1 Å². The van der Waals surface area contributed by atoms with Crippen LogP contribution in [0.1, 0.15) is 12.8 Å². The maximum Gasteiger partial charge on any atom is 0.346 e. The summed E-state index contributed by atoms with van der Waals surface area (Å²) in [5.74, 6) is 2.42. The van der Waals surface area contributed by atoms with Gasteiger partial charge in [0.25, 0.3) is 5.56 Å². The zero-order valence-corrected chi connectivity index (χ0v) is 10.8. The Labute approximate surface area is 103 Å². The number of hydrogen-bond donors (Lipinski definition) is 1. The molecule has 7 heteroatoms. The maximum absolute atomic E-state index is 11.8. The van der Waals surface area contributed by atoms with E-state index in [4.69, 9.17) is 0 Å². The molecule has 0 radical (unpaired) electrons. The Kier molecular flexibility index (Phi) is 3.56. The van der Waals surface area contributed by atoms with Crippen LogP contribution in [0, 0.1) is 0 Å². The number of nitrogens with one attached hydrogen (secondary N) is 1. The summed E-state index contributed by atoms with van der Waals surface area (Å²) in [6.45, 7) is 0. The van der Waals surface area contributed by atoms with E-state index in [-0.39, 0.29) is 17.4 Å². The third-order valence-electron chi connectivity index (χ3n) is 2.82. The Morgan fingerprint density at radius 3 is 2.82 bits per heavy atom. The van der Waals surface area contributed by atoms with Crippen molar-refractivity contribution in [2.45, 2.75) is 18.9 Å². The Bertz CT molecular complexity index is 516. The van der Waals surface area contributed by atoms with E-state index in [0.29, 0.717) is 0 Å². The van der Waals surface area contributed by atoms with E-state index < -0.39 is 5.69 Å². The molecule has 6 nitrogen and oxygen atoms in total. The maximum atomic E-state index is 11.8. The summed E-state index contributed by atoms with van der Waals surface area (Å²) in [7, 11) is 3.01. The van der Waals surface area contributed by atoms with Crippen molar-refractivity contribution in [1.29, 1.82) is 0 Å². The molecule has 1 aliphatic rings. The summed E-state index contributed by atoms with van der Waals surface area (Å²) in [6, 6.07) is 0.270. The minimum absolute atomic E-state index is 0.266. The number of nitrogens with zero attached hydrogens (tertiary/aromatic N) is 3. The van der Waals surface area contributed by atoms with Crippen LogP contribution in [0.2, 0.25) is 0 Å². The molecule has 2 rings (SSSR count). The fourth-order valence-corrected chi connectivity index (χ4v) is 2.91. The van der Waals surface area contributed by atoms with E-state index in [1.165, 1.54) is 17.5 Å². The smallest absolute Gasteiger partial charge is 0.346 e. The normalized spacial score (nSPS) is 20.2. The molecule has 1 unspecified atom stereocenters. The molecular formula is C10H16N4O2S. The predicted molar refractivity (Wildman–Crippen MR) is 68.7 cm³/mol. The SMILES string of the molecule is Cn1nc(NC2CCCSC2)c(=O)n(C)c1=O. The molecule has 0 bridgehead atoms. The predicted octanol–water partition coefficient (Wildman–Crippen LogP) is -0.214. The number of anilines is 1. The lowest BCUT2D eigenvalue weighted by molar-refractivity contribution is 0.594. The standard InChI is InChI=1S/C10H16N4O2S/c1-13-9(15)8(12-14(2)10(13)16)11-7-4-3-5-17-6-7/h7H,3-6H2,1-2H3,(H,11,12). The highest BCUT2D eigenvalue weighted by Gasteiger charge is 2.17. The number of aryl methyl sites for hydroxylation is 1. The summed E-state index contributed by atoms with van der Waals surface area (Å²) < 4.78 is 2.25. The van der Waals surface area contributed by atoms with Gasteiger partial charge in [-0.05, 0) is 18.6 Å². The van der Waals surface area contributed by atoms with Gasteiger partial charge < -0.3 is 5.32 Å². The van der Waals surface area contributed by atoms with Crippen LogP contribution >= 0.6 is 11.8 Å². The molecule has 0 spiro atoms. The Morgan fingerprint density at radius 2 is 2.18 bits per heavy atom. The van der Waals surface area contributed by atoms with E-state index in [0.717, 1.165) is 23.2 Å². The lowest BCUT2D eigenvalue weighted by Crippen LogP contribution is -2.41. The van der Waals surface area contributed by atoms with Crippen molar-refractivity contribution in [1.82, 2.24) is 14.3 Å². The quantitative estimate of drug-likeness (QED) is 0.792. The fourth-order valence-electron chi connectivity index (χ4n) is 1.84. The van der Waals surface area contributed by atoms with E-state index in [1.54, 1.807) is 7.05 Å². The molecule has 2 heterocycles. The second-order valence-electron chi connectivity index (χ2n) is 4.18. The summed E-state index contributed by atoms with van der Waals surface area (Å²) in [4.78, 5) is 23.3. The van der Waals surface area contributed by atoms with Gasteiger partial charge in [0.1, 0.15) is 0 Å². The summed E-state index contributed by atoms with van der Waals surface area (Å²) in [6.07, 6.45) is 2.19. The van der Waals surface area contributed by atoms with Gasteiger partial charge in [0, 0.05) is 25.9 Å². The monoisotopic (exact) mass is 256 g/mol. The van der Waals surface area contributed by atoms with Gasteiger partial charge in [-0.1, -0.05) is 0 Å². The minimum Gasteiger partial charge on any atom is -0.360 e. The first-order valence-electron chi connectivity index (χ1n) is 5.58. The lowest BCUT2D eigenvalue weighted by atomic mass is 10.2. The van der Waals surface area contributed by atoms with Crippen LogP contribution in [0.3, 0.4) is 0 Å². The van der Waals surface area contributed by atoms with Crippen molar-refractivity contribution in [2.24, 2.45) is 14.1 Å². The van der Waals surface area contributed by atoms with Crippen LogP contribution in [0.4, 0.5) is 5.82 Å². The van der Waals surface area contributed by atoms with Crippen LogP contribution in [0.15, 0.2) is 9.59 Å². The Hall–Kier alpha value is -1.24. The topological polar surface area (TPSA) is 68.9 Å². The molecule has 0 amide bonds. The molecule has 1 atom stereocenters. The number of rotatable bonds is 2. The zero-order chi connectivity index (χ0) is 12.4. The summed E-state index contributed by atoms with van der Waals surface area (Å²) in [5, 5.41) is 7.11. The van der Waals surface area contributed by atoms with Gasteiger partial charge in [0.15, 0.2) is 0 Å². The first kappa shape index (κ1) is 12.2. The van der Waals surface area contributed by atoms with Gasteiger partial charge in [0.2, 0.25) is 5.82 Å². The van der Waals surface area contributed by atoms with E-state index in [9.17, 15) is 9.59 Å². The largest absolute Gasteiger partial charge is 0.360 e. The van der Waals surface area contributed by atoms with Crippen molar-refractivity contribution in [3.8, 4) is 0 Å². The van der Waals surface area contributed by atoms with E-state index in [2.05, 4.69) is 10.4 Å². The molecule has 0 aliphatic carbocycles. The van der Waals surface area contributed by atoms with Gasteiger partial charge in [-0.3, -0.25) is 9.36 Å². The van der Waals surface area contributed by atoms with Gasteiger partial charge in [0.05, 0.1) is 0 Å². The zero-order valence-electron chi connectivity index (χ0n) is 9.97. The second-order valence-corrected chi connectivity index (χ2v) is 5.33. The first-order valence-corrected chi connectivity index (χ1v) is 6.73. The number of aromatic nitrogens is 3. The van der Waals surface area contributed by atoms with Crippen molar-refractivity contribution in [3.05, 3.63) is 20.8 Å². The van der Waals surface area contributed by atoms with Gasteiger partial charge >= 0.3 is 5.69 Å². The van der Waals surface area contributed by atoms with Crippen molar-refractivity contribution >= 4 is 17.6 Å². The summed E-state index contributed by atoms with van der Waals surface area (Å²) >= 11 is 1.87. The molecule has 1 aromatic heterocycles. The first-order chi connectivity index (χ1) is 8.09. The third-order valence-corrected chi connectivity index (χ3v) is 4.04. The lowest BCUT2D eigenvalue weighted by Gasteiger charge is -2.22. The van der Waals surface area contributed by atoms with Crippen LogP contribution in [0.5, 0.6) is 0 Å². The molecule has 1 fully saturated rings. The number of thioether (sulfide) groups is 1. The molecule has 1 saturated heterocycles. The molecule has 17 heavy (non-hydrogen) atoms. The highest BCUT2D eigenvalue weighted by molar-refractivity contribution is 7.99. The summed E-state index contributed by atoms with van der Waals surface area (Å²) in [5.41, 5.74) is -0.762. The van der Waals surface area contributed by atoms with Gasteiger partial charge in [-0.25, -0.2) is 9.48 Å². The van der Waals surface area contributed by atoms with Crippen molar-refractivity contribution in [3.63, 3.8) is 0 Å². The average Bonchev–Trinajstić information content (AvgIpc) is 2.35. The van der Waals surface area contributed by atoms with Gasteiger partial charge in [-0.15, -0.1) is 5.10 Å². The molecule has 1 N–H and O–H groups in total. The molecular weight excluding hydrogens is 240 g/mol. The van der Waals surface area contributed by atoms with E-state index in [1.807, 2.05) is 11.8 Å². The number of hydrogen-bond acceptors (Lipinski definition) is 5. The van der Waals surface area contributed by atoms with Crippen LogP contribution in [-0.4, -0.2) is 31.9 Å². The van der Waals surface area contributed by atoms with E-state index >= 15 is 0 Å². The third kappa shape index (κ3) is 2.54. The Balaban J connectivity index is 2.27. The van der Waals surface area contributed by atoms with Crippen LogP contribution < -0.4 is 16.6 Å². The second kappa shape index (κ2) is 4.95. The Morgan fingerprint density at radius 1 is 1.41 bits per heavy atom. The van der Waals surface area contributed by atoms with Gasteiger partial charge in [-0.2, -0.15) is 11.8 Å². The molecule has 1 aromatic rings. The highest BCUT2D eigenvalue weighted by atomic mass is 32.2.